The van der Waals surface area contributed by atoms with Crippen molar-refractivity contribution in [2.45, 2.75) is 56.8 Å². The summed E-state index contributed by atoms with van der Waals surface area (Å²) >= 11 is 0. The van der Waals surface area contributed by atoms with E-state index >= 15 is 0 Å². The van der Waals surface area contributed by atoms with E-state index in [0.29, 0.717) is 5.92 Å². The summed E-state index contributed by atoms with van der Waals surface area (Å²) in [5.41, 5.74) is 0.257. The molecule has 1 saturated heterocycles. The normalized spacial score (nSPS) is 28.4. The predicted molar refractivity (Wildman–Crippen MR) is 67.2 cm³/mol. The van der Waals surface area contributed by atoms with Crippen LogP contribution in [0, 0.1) is 0 Å². The summed E-state index contributed by atoms with van der Waals surface area (Å²) in [7, 11) is 0. The van der Waals surface area contributed by atoms with Crippen molar-refractivity contribution in [2.24, 2.45) is 0 Å². The van der Waals surface area contributed by atoms with Crippen LogP contribution in [0.15, 0.2) is 10.6 Å². The van der Waals surface area contributed by atoms with Crippen LogP contribution in [0.4, 0.5) is 0 Å². The molecule has 1 aliphatic carbocycles. The molecule has 0 spiro atoms. The van der Waals surface area contributed by atoms with Gasteiger partial charge in [0.2, 0.25) is 0 Å². The highest BCUT2D eigenvalue weighted by atomic mass is 16.4. The Kier molecular flexibility index (Phi) is 2.95. The number of hydrogen-bond acceptors (Lipinski definition) is 3. The predicted octanol–water partition coefficient (Wildman–Crippen LogP) is 2.97. The van der Waals surface area contributed by atoms with Crippen molar-refractivity contribution >= 4 is 0 Å². The summed E-state index contributed by atoms with van der Waals surface area (Å²) in [6, 6.07) is 0. The zero-order chi connectivity index (χ0) is 11.7. The van der Waals surface area contributed by atoms with Gasteiger partial charge in [0.15, 0.2) is 5.89 Å². The number of nitrogens with zero attached hydrogens (tertiary/aromatic N) is 1. The minimum Gasteiger partial charge on any atom is -0.445 e. The van der Waals surface area contributed by atoms with E-state index in [4.69, 9.17) is 4.42 Å². The van der Waals surface area contributed by atoms with Crippen molar-refractivity contribution < 1.29 is 4.42 Å². The molecule has 1 unspecified atom stereocenters. The molecule has 3 nitrogen and oxygen atoms in total. The maximum absolute atomic E-state index is 6.06. The molecule has 1 aromatic rings. The first kappa shape index (κ1) is 11.3. The van der Waals surface area contributed by atoms with E-state index in [1.54, 1.807) is 0 Å². The number of rotatable bonds is 2. The molecule has 0 amide bonds. The lowest BCUT2D eigenvalue weighted by Crippen LogP contribution is -2.28. The molecular formula is C14H22N2O. The third-order valence-corrected chi connectivity index (χ3v) is 4.47. The van der Waals surface area contributed by atoms with Gasteiger partial charge in [-0.1, -0.05) is 19.8 Å². The van der Waals surface area contributed by atoms with E-state index in [1.807, 2.05) is 6.20 Å². The van der Waals surface area contributed by atoms with Gasteiger partial charge in [-0.3, -0.25) is 0 Å². The Morgan fingerprint density at radius 1 is 1.35 bits per heavy atom. The highest BCUT2D eigenvalue weighted by Crippen LogP contribution is 2.41. The Bertz CT molecular complexity index is 373. The summed E-state index contributed by atoms with van der Waals surface area (Å²) in [5.74, 6) is 2.57. The Hall–Kier alpha value is -0.830. The molecule has 1 aromatic heterocycles. The number of oxazole rings is 1. The molecule has 1 saturated carbocycles. The molecule has 1 atom stereocenters. The van der Waals surface area contributed by atoms with Gasteiger partial charge in [-0.05, 0) is 32.2 Å². The van der Waals surface area contributed by atoms with Crippen LogP contribution >= 0.6 is 0 Å². The average Bonchev–Trinajstić information content (AvgIpc) is 2.99. The molecule has 0 aromatic carbocycles. The SMILES string of the molecule is CC1(c2cnc(C3CCCNC3)o2)CCCC1. The fourth-order valence-electron chi connectivity index (χ4n) is 3.22. The summed E-state index contributed by atoms with van der Waals surface area (Å²) in [4.78, 5) is 4.52. The average molecular weight is 234 g/mol. The molecule has 3 rings (SSSR count). The van der Waals surface area contributed by atoms with E-state index < -0.39 is 0 Å². The first-order valence-electron chi connectivity index (χ1n) is 6.95. The summed E-state index contributed by atoms with van der Waals surface area (Å²) in [5, 5.41) is 3.42. The van der Waals surface area contributed by atoms with Crippen molar-refractivity contribution in [2.75, 3.05) is 13.1 Å². The third kappa shape index (κ3) is 2.13. The van der Waals surface area contributed by atoms with Gasteiger partial charge in [0.25, 0.3) is 0 Å². The second-order valence-corrected chi connectivity index (χ2v) is 5.87. The van der Waals surface area contributed by atoms with Crippen molar-refractivity contribution in [3.05, 3.63) is 17.8 Å². The van der Waals surface area contributed by atoms with E-state index in [2.05, 4.69) is 17.2 Å². The third-order valence-electron chi connectivity index (χ3n) is 4.47. The van der Waals surface area contributed by atoms with Gasteiger partial charge >= 0.3 is 0 Å². The molecule has 3 heteroatoms. The van der Waals surface area contributed by atoms with Gasteiger partial charge in [0.05, 0.1) is 6.20 Å². The smallest absolute Gasteiger partial charge is 0.198 e. The molecule has 2 aliphatic rings. The van der Waals surface area contributed by atoms with E-state index in [0.717, 1.165) is 24.7 Å². The lowest BCUT2D eigenvalue weighted by atomic mass is 9.87. The van der Waals surface area contributed by atoms with Gasteiger partial charge < -0.3 is 9.73 Å². The van der Waals surface area contributed by atoms with E-state index in [-0.39, 0.29) is 5.41 Å². The zero-order valence-corrected chi connectivity index (χ0v) is 10.7. The molecule has 94 valence electrons. The Morgan fingerprint density at radius 3 is 2.88 bits per heavy atom. The quantitative estimate of drug-likeness (QED) is 0.855. The zero-order valence-electron chi connectivity index (χ0n) is 10.7. The van der Waals surface area contributed by atoms with Crippen LogP contribution < -0.4 is 5.32 Å². The van der Waals surface area contributed by atoms with Gasteiger partial charge in [-0.2, -0.15) is 0 Å². The fraction of sp³-hybridized carbons (Fsp3) is 0.786. The lowest BCUT2D eigenvalue weighted by Gasteiger charge is -2.21. The molecule has 1 aliphatic heterocycles. The Morgan fingerprint density at radius 2 is 2.18 bits per heavy atom. The number of piperidine rings is 1. The van der Waals surface area contributed by atoms with Crippen LogP contribution in [-0.4, -0.2) is 18.1 Å². The number of aromatic nitrogens is 1. The van der Waals surface area contributed by atoms with Gasteiger partial charge in [-0.25, -0.2) is 4.98 Å². The van der Waals surface area contributed by atoms with Gasteiger partial charge in [0, 0.05) is 17.9 Å². The number of nitrogens with one attached hydrogen (secondary N) is 1. The van der Waals surface area contributed by atoms with Crippen LogP contribution in [0.2, 0.25) is 0 Å². The van der Waals surface area contributed by atoms with E-state index in [9.17, 15) is 0 Å². The van der Waals surface area contributed by atoms with Crippen molar-refractivity contribution in [3.63, 3.8) is 0 Å². The molecule has 2 fully saturated rings. The summed E-state index contributed by atoms with van der Waals surface area (Å²) < 4.78 is 6.06. The maximum atomic E-state index is 6.06. The Balaban J connectivity index is 1.77. The molecular weight excluding hydrogens is 212 g/mol. The van der Waals surface area contributed by atoms with E-state index in [1.165, 1.54) is 38.5 Å². The lowest BCUT2D eigenvalue weighted by molar-refractivity contribution is 0.316. The first-order chi connectivity index (χ1) is 8.28. The van der Waals surface area contributed by atoms with Crippen molar-refractivity contribution in [1.82, 2.24) is 10.3 Å². The highest BCUT2D eigenvalue weighted by molar-refractivity contribution is 5.13. The Labute approximate surface area is 103 Å². The van der Waals surface area contributed by atoms with Gasteiger partial charge in [-0.15, -0.1) is 0 Å². The van der Waals surface area contributed by atoms with Crippen molar-refractivity contribution in [3.8, 4) is 0 Å². The second-order valence-electron chi connectivity index (χ2n) is 5.87. The summed E-state index contributed by atoms with van der Waals surface area (Å²) in [6.45, 7) is 4.49. The minimum atomic E-state index is 0.257. The standard InChI is InChI=1S/C14H22N2O/c1-14(6-2-3-7-14)12-10-16-13(17-12)11-5-4-8-15-9-11/h10-11,15H,2-9H2,1H3. The molecule has 2 heterocycles. The molecule has 0 radical (unpaired) electrons. The molecule has 1 N–H and O–H groups in total. The van der Waals surface area contributed by atoms with Crippen LogP contribution in [0.3, 0.4) is 0 Å². The first-order valence-corrected chi connectivity index (χ1v) is 6.95. The minimum absolute atomic E-state index is 0.257. The van der Waals surface area contributed by atoms with Crippen molar-refractivity contribution in [1.29, 1.82) is 0 Å². The summed E-state index contributed by atoms with van der Waals surface area (Å²) in [6.07, 6.45) is 9.60. The second kappa shape index (κ2) is 4.45. The fourth-order valence-corrected chi connectivity index (χ4v) is 3.22. The monoisotopic (exact) mass is 234 g/mol. The number of hydrogen-bond donors (Lipinski definition) is 1. The van der Waals surface area contributed by atoms with Crippen LogP contribution in [-0.2, 0) is 5.41 Å². The maximum Gasteiger partial charge on any atom is 0.198 e. The molecule has 0 bridgehead atoms. The van der Waals surface area contributed by atoms with Crippen LogP contribution in [0.25, 0.3) is 0 Å². The largest absolute Gasteiger partial charge is 0.445 e. The molecule has 17 heavy (non-hydrogen) atoms. The highest BCUT2D eigenvalue weighted by Gasteiger charge is 2.34. The van der Waals surface area contributed by atoms with Crippen LogP contribution in [0.5, 0.6) is 0 Å². The van der Waals surface area contributed by atoms with Gasteiger partial charge in [0.1, 0.15) is 5.76 Å². The van der Waals surface area contributed by atoms with Crippen LogP contribution in [0.1, 0.15) is 63.0 Å². The topological polar surface area (TPSA) is 38.1 Å².